The molecule has 1 aliphatic heterocycles. The molecule has 0 bridgehead atoms. The third-order valence-electron chi connectivity index (χ3n) is 5.68. The Balaban J connectivity index is 1.58. The van der Waals surface area contributed by atoms with Crippen LogP contribution < -0.4 is 5.32 Å². The number of hydrogen-bond acceptors (Lipinski definition) is 6. The van der Waals surface area contributed by atoms with Crippen molar-refractivity contribution in [3.63, 3.8) is 0 Å². The number of thiophene rings is 1. The van der Waals surface area contributed by atoms with E-state index >= 15 is 0 Å². The van der Waals surface area contributed by atoms with Gasteiger partial charge in [-0.15, -0.1) is 11.3 Å². The fraction of sp³-hybridized carbons (Fsp3) is 0.458. The molecule has 0 saturated carbocycles. The fourth-order valence-corrected chi connectivity index (χ4v) is 5.22. The van der Waals surface area contributed by atoms with E-state index in [0.29, 0.717) is 36.7 Å². The highest BCUT2D eigenvalue weighted by Gasteiger charge is 2.28. The molecule has 0 spiro atoms. The standard InChI is InChI=1S/C24H30N2O4S/c1-4-19-16(3)31-23(21(19)24(29)30-5-2)25-20(27)15-26-13-11-18(12-14-26)22(28)17-9-7-6-8-10-17/h6-10,18H,4-5,11-15H2,1-3H3,(H,25,27). The van der Waals surface area contributed by atoms with Crippen LogP contribution in [0.25, 0.3) is 0 Å². The number of anilines is 1. The molecule has 3 rings (SSSR count). The number of ether oxygens (including phenoxy) is 1. The van der Waals surface area contributed by atoms with Crippen molar-refractivity contribution in [2.45, 2.75) is 40.0 Å². The summed E-state index contributed by atoms with van der Waals surface area (Å²) < 4.78 is 5.20. The number of esters is 1. The first-order valence-corrected chi connectivity index (χ1v) is 11.7. The lowest BCUT2D eigenvalue weighted by atomic mass is 9.89. The number of aryl methyl sites for hydroxylation is 1. The molecule has 166 valence electrons. The monoisotopic (exact) mass is 442 g/mol. The molecule has 7 heteroatoms. The van der Waals surface area contributed by atoms with Crippen molar-refractivity contribution in [3.8, 4) is 0 Å². The molecule has 6 nitrogen and oxygen atoms in total. The molecule has 2 aromatic rings. The van der Waals surface area contributed by atoms with Crippen LogP contribution in [0.15, 0.2) is 30.3 Å². The minimum Gasteiger partial charge on any atom is -0.462 e. The maximum atomic E-state index is 12.7. The van der Waals surface area contributed by atoms with Crippen LogP contribution in [0.1, 0.15) is 57.8 Å². The molecule has 1 saturated heterocycles. The molecule has 0 radical (unpaired) electrons. The SMILES string of the molecule is CCOC(=O)c1c(NC(=O)CN2CCC(C(=O)c3ccccc3)CC2)sc(C)c1CC. The third kappa shape index (κ3) is 5.60. The molecule has 1 fully saturated rings. The van der Waals surface area contributed by atoms with Crippen LogP contribution in [0.5, 0.6) is 0 Å². The summed E-state index contributed by atoms with van der Waals surface area (Å²) in [5, 5.41) is 3.48. The molecule has 1 amide bonds. The van der Waals surface area contributed by atoms with Crippen LogP contribution in [-0.4, -0.2) is 48.8 Å². The number of ketones is 1. The first-order chi connectivity index (χ1) is 14.9. The third-order valence-corrected chi connectivity index (χ3v) is 6.74. The van der Waals surface area contributed by atoms with Gasteiger partial charge < -0.3 is 10.1 Å². The Morgan fingerprint density at radius 2 is 1.81 bits per heavy atom. The number of carbonyl (C=O) groups is 3. The zero-order valence-corrected chi connectivity index (χ0v) is 19.2. The van der Waals surface area contributed by atoms with Gasteiger partial charge in [-0.05, 0) is 51.8 Å². The maximum absolute atomic E-state index is 12.7. The first-order valence-electron chi connectivity index (χ1n) is 10.8. The van der Waals surface area contributed by atoms with E-state index in [1.165, 1.54) is 11.3 Å². The van der Waals surface area contributed by atoms with Gasteiger partial charge in [-0.3, -0.25) is 14.5 Å². The van der Waals surface area contributed by atoms with Gasteiger partial charge in [-0.2, -0.15) is 0 Å². The molecular formula is C24H30N2O4S. The van der Waals surface area contributed by atoms with E-state index in [4.69, 9.17) is 4.74 Å². The summed E-state index contributed by atoms with van der Waals surface area (Å²) in [5.41, 5.74) is 2.16. The van der Waals surface area contributed by atoms with Crippen LogP contribution in [0.4, 0.5) is 5.00 Å². The second-order valence-electron chi connectivity index (χ2n) is 7.74. The fourth-order valence-electron chi connectivity index (χ4n) is 4.07. The molecular weight excluding hydrogens is 412 g/mol. The minimum atomic E-state index is -0.390. The summed E-state index contributed by atoms with van der Waals surface area (Å²) >= 11 is 1.42. The van der Waals surface area contributed by atoms with Crippen molar-refractivity contribution in [2.75, 3.05) is 31.6 Å². The number of rotatable bonds is 8. The number of hydrogen-bond donors (Lipinski definition) is 1. The van der Waals surface area contributed by atoms with Gasteiger partial charge in [0.15, 0.2) is 5.78 Å². The predicted octanol–water partition coefficient (Wildman–Crippen LogP) is 4.33. The highest BCUT2D eigenvalue weighted by atomic mass is 32.1. The second-order valence-corrected chi connectivity index (χ2v) is 8.97. The lowest BCUT2D eigenvalue weighted by molar-refractivity contribution is -0.117. The summed E-state index contributed by atoms with van der Waals surface area (Å²) in [5.74, 6) is -0.351. The second kappa shape index (κ2) is 10.7. The number of likely N-dealkylation sites (tertiary alicyclic amines) is 1. The van der Waals surface area contributed by atoms with Crippen molar-refractivity contribution in [2.24, 2.45) is 5.92 Å². The normalized spacial score (nSPS) is 14.9. The molecule has 31 heavy (non-hydrogen) atoms. The number of Topliss-reactive ketones (excluding diaryl/α,β-unsaturated/α-hetero) is 1. The summed E-state index contributed by atoms with van der Waals surface area (Å²) in [7, 11) is 0. The van der Waals surface area contributed by atoms with Gasteiger partial charge >= 0.3 is 5.97 Å². The Kier molecular flexibility index (Phi) is 7.98. The van der Waals surface area contributed by atoms with E-state index in [0.717, 1.165) is 28.8 Å². The number of carbonyl (C=O) groups excluding carboxylic acids is 3. The smallest absolute Gasteiger partial charge is 0.341 e. The average Bonchev–Trinajstić information content (AvgIpc) is 3.09. The molecule has 1 N–H and O–H groups in total. The molecule has 2 heterocycles. The van der Waals surface area contributed by atoms with Gasteiger partial charge in [-0.1, -0.05) is 37.3 Å². The van der Waals surface area contributed by atoms with Crippen LogP contribution in [0, 0.1) is 12.8 Å². The van der Waals surface area contributed by atoms with Crippen molar-refractivity contribution < 1.29 is 19.1 Å². The summed E-state index contributed by atoms with van der Waals surface area (Å²) in [6, 6.07) is 9.39. The van der Waals surface area contributed by atoms with Crippen LogP contribution >= 0.6 is 11.3 Å². The topological polar surface area (TPSA) is 75.7 Å². The number of amides is 1. The highest BCUT2D eigenvalue weighted by Crippen LogP contribution is 2.34. The largest absolute Gasteiger partial charge is 0.462 e. The Morgan fingerprint density at radius 3 is 2.42 bits per heavy atom. The van der Waals surface area contributed by atoms with Crippen LogP contribution in [0.3, 0.4) is 0 Å². The van der Waals surface area contributed by atoms with E-state index in [1.54, 1.807) is 6.92 Å². The Morgan fingerprint density at radius 1 is 1.13 bits per heavy atom. The van der Waals surface area contributed by atoms with E-state index < -0.39 is 0 Å². The molecule has 0 aliphatic carbocycles. The summed E-state index contributed by atoms with van der Waals surface area (Å²) in [6.07, 6.45) is 2.19. The quantitative estimate of drug-likeness (QED) is 0.486. The first kappa shape index (κ1) is 23.2. The van der Waals surface area contributed by atoms with E-state index in [-0.39, 0.29) is 30.1 Å². The molecule has 1 aliphatic rings. The Bertz CT molecular complexity index is 931. The molecule has 0 atom stereocenters. The lowest BCUT2D eigenvalue weighted by Gasteiger charge is -2.30. The number of nitrogens with zero attached hydrogens (tertiary/aromatic N) is 1. The summed E-state index contributed by atoms with van der Waals surface area (Å²) in [6.45, 7) is 7.65. The number of piperidine rings is 1. The zero-order chi connectivity index (χ0) is 22.4. The number of benzene rings is 1. The predicted molar refractivity (Wildman–Crippen MR) is 123 cm³/mol. The Hall–Kier alpha value is -2.51. The van der Waals surface area contributed by atoms with Gasteiger partial charge in [0.1, 0.15) is 5.00 Å². The van der Waals surface area contributed by atoms with E-state index in [9.17, 15) is 14.4 Å². The van der Waals surface area contributed by atoms with Crippen molar-refractivity contribution in [3.05, 3.63) is 51.9 Å². The molecule has 0 unspecified atom stereocenters. The number of nitrogens with one attached hydrogen (secondary N) is 1. The van der Waals surface area contributed by atoms with E-state index in [2.05, 4.69) is 10.2 Å². The van der Waals surface area contributed by atoms with E-state index in [1.807, 2.05) is 44.2 Å². The lowest BCUT2D eigenvalue weighted by Crippen LogP contribution is -2.40. The van der Waals surface area contributed by atoms with Crippen molar-refractivity contribution in [1.82, 2.24) is 4.90 Å². The van der Waals surface area contributed by atoms with Crippen molar-refractivity contribution >= 4 is 34.0 Å². The van der Waals surface area contributed by atoms with Gasteiger partial charge in [0.2, 0.25) is 5.91 Å². The zero-order valence-electron chi connectivity index (χ0n) is 18.4. The van der Waals surface area contributed by atoms with Gasteiger partial charge in [0.05, 0.1) is 18.7 Å². The minimum absolute atomic E-state index is 0.00388. The highest BCUT2D eigenvalue weighted by molar-refractivity contribution is 7.16. The summed E-state index contributed by atoms with van der Waals surface area (Å²) in [4.78, 5) is 40.9. The van der Waals surface area contributed by atoms with Crippen LogP contribution in [0.2, 0.25) is 0 Å². The van der Waals surface area contributed by atoms with Crippen molar-refractivity contribution in [1.29, 1.82) is 0 Å². The van der Waals surface area contributed by atoms with Gasteiger partial charge in [-0.25, -0.2) is 4.79 Å². The molecule has 1 aromatic heterocycles. The van der Waals surface area contributed by atoms with Crippen LogP contribution in [-0.2, 0) is 16.0 Å². The Labute approximate surface area is 187 Å². The average molecular weight is 443 g/mol. The maximum Gasteiger partial charge on any atom is 0.341 e. The van der Waals surface area contributed by atoms with Gasteiger partial charge in [0, 0.05) is 16.4 Å². The molecule has 1 aromatic carbocycles. The van der Waals surface area contributed by atoms with Gasteiger partial charge in [0.25, 0.3) is 0 Å².